The maximum Gasteiger partial charge on any atom is 0.227 e. The number of hydrogen-bond acceptors (Lipinski definition) is 3. The van der Waals surface area contributed by atoms with Crippen molar-refractivity contribution in [1.82, 2.24) is 14.9 Å². The Labute approximate surface area is 170 Å². The van der Waals surface area contributed by atoms with Gasteiger partial charge in [0.15, 0.2) is 0 Å². The zero-order valence-corrected chi connectivity index (χ0v) is 16.3. The first-order valence-corrected chi connectivity index (χ1v) is 9.96. The molecular weight excluding hydrogens is 370 g/mol. The van der Waals surface area contributed by atoms with Crippen LogP contribution in [0.4, 0.5) is 0 Å². The Hall–Kier alpha value is -2.72. The molecule has 0 spiro atoms. The molecule has 0 bridgehead atoms. The van der Waals surface area contributed by atoms with Crippen LogP contribution in [-0.4, -0.2) is 27.3 Å². The Balaban J connectivity index is 1.51. The summed E-state index contributed by atoms with van der Waals surface area (Å²) in [5.41, 5.74) is 3.99. The summed E-state index contributed by atoms with van der Waals surface area (Å²) < 4.78 is 0. The molecule has 142 valence electrons. The third kappa shape index (κ3) is 4.23. The van der Waals surface area contributed by atoms with Crippen molar-refractivity contribution >= 4 is 17.5 Å². The summed E-state index contributed by atoms with van der Waals surface area (Å²) in [7, 11) is 0. The van der Waals surface area contributed by atoms with Gasteiger partial charge in [-0.25, -0.2) is 0 Å². The Morgan fingerprint density at radius 3 is 2.71 bits per heavy atom. The van der Waals surface area contributed by atoms with Gasteiger partial charge in [-0.3, -0.25) is 14.8 Å². The number of carbonyl (C=O) groups excluding carboxylic acids is 1. The van der Waals surface area contributed by atoms with E-state index in [0.717, 1.165) is 46.9 Å². The average molecular weight is 392 g/mol. The van der Waals surface area contributed by atoms with Crippen LogP contribution in [0.5, 0.6) is 0 Å². The smallest absolute Gasteiger partial charge is 0.227 e. The number of halogens is 1. The van der Waals surface area contributed by atoms with Crippen LogP contribution in [0.2, 0.25) is 5.02 Å². The molecule has 1 aliphatic rings. The molecule has 3 aromatic rings. The minimum absolute atomic E-state index is 0.0422. The van der Waals surface area contributed by atoms with Gasteiger partial charge in [-0.15, -0.1) is 0 Å². The maximum absolute atomic E-state index is 12.9. The predicted molar refractivity (Wildman–Crippen MR) is 110 cm³/mol. The molecule has 1 amide bonds. The molecule has 0 radical (unpaired) electrons. The summed E-state index contributed by atoms with van der Waals surface area (Å²) in [6.07, 6.45) is 6.49. The van der Waals surface area contributed by atoms with Crippen molar-refractivity contribution in [3.05, 3.63) is 94.5 Å². The van der Waals surface area contributed by atoms with Crippen molar-refractivity contribution in [3.8, 4) is 0 Å². The molecule has 2 aromatic heterocycles. The summed E-state index contributed by atoms with van der Waals surface area (Å²) in [5, 5.41) is 0.754. The van der Waals surface area contributed by atoms with E-state index in [4.69, 9.17) is 16.6 Å². The van der Waals surface area contributed by atoms with E-state index in [1.165, 1.54) is 0 Å². The summed E-state index contributed by atoms with van der Waals surface area (Å²) in [6, 6.07) is 17.7. The van der Waals surface area contributed by atoms with E-state index in [2.05, 4.69) is 4.98 Å². The first-order valence-electron chi connectivity index (χ1n) is 9.58. The lowest BCUT2D eigenvalue weighted by Crippen LogP contribution is -2.32. The molecule has 1 unspecified atom stereocenters. The van der Waals surface area contributed by atoms with E-state index in [1.54, 1.807) is 12.4 Å². The standard InChI is InChI=1S/C23H22ClN3O/c24-20-7-2-1-5-18(20)16-19-6-3-8-21(26-19)22-9-4-14-27(22)23(28)15-17-10-12-25-13-11-17/h1-3,5-8,10-13,22H,4,9,14-16H2. The van der Waals surface area contributed by atoms with Crippen LogP contribution < -0.4 is 0 Å². The molecule has 3 heterocycles. The number of rotatable bonds is 5. The highest BCUT2D eigenvalue weighted by molar-refractivity contribution is 6.31. The van der Waals surface area contributed by atoms with E-state index in [9.17, 15) is 4.79 Å². The lowest BCUT2D eigenvalue weighted by molar-refractivity contribution is -0.131. The highest BCUT2D eigenvalue weighted by Crippen LogP contribution is 2.31. The minimum atomic E-state index is 0.0422. The molecule has 4 nitrogen and oxygen atoms in total. The number of benzene rings is 1. The molecule has 4 rings (SSSR count). The SMILES string of the molecule is O=C(Cc1ccncc1)N1CCCC1c1cccc(Cc2ccccc2Cl)n1. The van der Waals surface area contributed by atoms with E-state index in [1.807, 2.05) is 59.5 Å². The zero-order valence-electron chi connectivity index (χ0n) is 15.6. The van der Waals surface area contributed by atoms with Gasteiger partial charge in [-0.2, -0.15) is 0 Å². The number of pyridine rings is 2. The Bertz CT molecular complexity index is 961. The first kappa shape index (κ1) is 18.6. The van der Waals surface area contributed by atoms with E-state index >= 15 is 0 Å². The van der Waals surface area contributed by atoms with Crippen molar-refractivity contribution in [1.29, 1.82) is 0 Å². The third-order valence-electron chi connectivity index (χ3n) is 5.18. The molecule has 0 N–H and O–H groups in total. The topological polar surface area (TPSA) is 46.1 Å². The number of likely N-dealkylation sites (tertiary alicyclic amines) is 1. The fourth-order valence-electron chi connectivity index (χ4n) is 3.77. The Morgan fingerprint density at radius 1 is 1.07 bits per heavy atom. The number of amides is 1. The highest BCUT2D eigenvalue weighted by atomic mass is 35.5. The van der Waals surface area contributed by atoms with Gasteiger partial charge in [0.2, 0.25) is 5.91 Å². The van der Waals surface area contributed by atoms with Gasteiger partial charge in [0.1, 0.15) is 0 Å². The highest BCUT2D eigenvalue weighted by Gasteiger charge is 2.30. The van der Waals surface area contributed by atoms with Crippen molar-refractivity contribution in [3.63, 3.8) is 0 Å². The molecule has 1 saturated heterocycles. The molecule has 1 aliphatic heterocycles. The molecular formula is C23H22ClN3O. The summed E-state index contributed by atoms with van der Waals surface area (Å²) in [6.45, 7) is 0.783. The van der Waals surface area contributed by atoms with Crippen molar-refractivity contribution < 1.29 is 4.79 Å². The van der Waals surface area contributed by atoms with E-state index in [-0.39, 0.29) is 11.9 Å². The number of aromatic nitrogens is 2. The van der Waals surface area contributed by atoms with Crippen LogP contribution in [0.1, 0.15) is 41.4 Å². The number of hydrogen-bond donors (Lipinski definition) is 0. The Kier molecular flexibility index (Phi) is 5.68. The summed E-state index contributed by atoms with van der Waals surface area (Å²) in [5.74, 6) is 0.145. The third-order valence-corrected chi connectivity index (χ3v) is 5.55. The fourth-order valence-corrected chi connectivity index (χ4v) is 3.97. The maximum atomic E-state index is 12.9. The largest absolute Gasteiger partial charge is 0.334 e. The van der Waals surface area contributed by atoms with Gasteiger partial charge < -0.3 is 4.90 Å². The van der Waals surface area contributed by atoms with Crippen LogP contribution in [0.15, 0.2) is 67.0 Å². The van der Waals surface area contributed by atoms with E-state index < -0.39 is 0 Å². The first-order chi connectivity index (χ1) is 13.7. The number of carbonyl (C=O) groups is 1. The second kappa shape index (κ2) is 8.53. The van der Waals surface area contributed by atoms with Crippen LogP contribution >= 0.6 is 11.6 Å². The summed E-state index contributed by atoms with van der Waals surface area (Å²) >= 11 is 6.30. The molecule has 0 aliphatic carbocycles. The minimum Gasteiger partial charge on any atom is -0.334 e. The molecule has 0 saturated carbocycles. The van der Waals surface area contributed by atoms with Gasteiger partial charge in [0.05, 0.1) is 18.2 Å². The lowest BCUT2D eigenvalue weighted by atomic mass is 10.1. The van der Waals surface area contributed by atoms with Crippen molar-refractivity contribution in [2.45, 2.75) is 31.7 Å². The monoisotopic (exact) mass is 391 g/mol. The Morgan fingerprint density at radius 2 is 1.89 bits per heavy atom. The van der Waals surface area contributed by atoms with Gasteiger partial charge in [0, 0.05) is 36.1 Å². The van der Waals surface area contributed by atoms with Crippen molar-refractivity contribution in [2.24, 2.45) is 0 Å². The van der Waals surface area contributed by atoms with Gasteiger partial charge >= 0.3 is 0 Å². The predicted octanol–water partition coefficient (Wildman–Crippen LogP) is 4.63. The quantitative estimate of drug-likeness (QED) is 0.637. The average Bonchev–Trinajstić information content (AvgIpc) is 3.21. The summed E-state index contributed by atoms with van der Waals surface area (Å²) in [4.78, 5) is 23.7. The van der Waals surface area contributed by atoms with Crippen LogP contribution in [0.3, 0.4) is 0 Å². The van der Waals surface area contributed by atoms with Crippen LogP contribution in [0, 0.1) is 0 Å². The number of nitrogens with zero attached hydrogens (tertiary/aromatic N) is 3. The van der Waals surface area contributed by atoms with Gasteiger partial charge in [0.25, 0.3) is 0 Å². The van der Waals surface area contributed by atoms with Crippen LogP contribution in [-0.2, 0) is 17.6 Å². The van der Waals surface area contributed by atoms with Gasteiger partial charge in [-0.05, 0) is 54.3 Å². The fraction of sp³-hybridized carbons (Fsp3) is 0.261. The zero-order chi connectivity index (χ0) is 19.3. The molecule has 1 atom stereocenters. The molecule has 28 heavy (non-hydrogen) atoms. The normalized spacial score (nSPS) is 16.3. The van der Waals surface area contributed by atoms with Crippen molar-refractivity contribution in [2.75, 3.05) is 6.54 Å². The van der Waals surface area contributed by atoms with Crippen LogP contribution in [0.25, 0.3) is 0 Å². The molecule has 1 aromatic carbocycles. The lowest BCUT2D eigenvalue weighted by Gasteiger charge is -2.25. The molecule has 1 fully saturated rings. The second-order valence-electron chi connectivity index (χ2n) is 7.10. The van der Waals surface area contributed by atoms with E-state index in [0.29, 0.717) is 12.8 Å². The second-order valence-corrected chi connectivity index (χ2v) is 7.51. The van der Waals surface area contributed by atoms with Gasteiger partial charge in [-0.1, -0.05) is 35.9 Å². The molecule has 5 heteroatoms.